The first kappa shape index (κ1) is 11.0. The number of aryl methyl sites for hydroxylation is 1. The fraction of sp³-hybridized carbons (Fsp3) is 0.286. The lowest BCUT2D eigenvalue weighted by Crippen LogP contribution is -2.18. The number of hydrogen-bond acceptors (Lipinski definition) is 2. The van der Waals surface area contributed by atoms with Gasteiger partial charge in [-0.3, -0.25) is 0 Å². The average molecular weight is 215 g/mol. The molecule has 1 aromatic heterocycles. The van der Waals surface area contributed by atoms with Gasteiger partial charge in [0.25, 0.3) is 0 Å². The van der Waals surface area contributed by atoms with Crippen LogP contribution in [0.1, 0.15) is 22.9 Å². The molecule has 0 aliphatic carbocycles. The standard InChI is InChI=1S/C14H17NO/c1-11-5-7-12(8-6-11)10-13(15-2)14-4-3-9-16-14/h3-9,13,15H,10H2,1-2H3/t13-/m0/s1. The van der Waals surface area contributed by atoms with E-state index >= 15 is 0 Å². The van der Waals surface area contributed by atoms with Crippen LogP contribution in [-0.4, -0.2) is 7.05 Å². The zero-order valence-corrected chi connectivity index (χ0v) is 9.73. The normalized spacial score (nSPS) is 12.6. The molecule has 0 fully saturated rings. The van der Waals surface area contributed by atoms with Gasteiger partial charge in [0.05, 0.1) is 12.3 Å². The number of hydrogen-bond donors (Lipinski definition) is 1. The van der Waals surface area contributed by atoms with Crippen LogP contribution in [0, 0.1) is 6.92 Å². The molecule has 0 saturated carbocycles. The lowest BCUT2D eigenvalue weighted by Gasteiger charge is -2.13. The highest BCUT2D eigenvalue weighted by atomic mass is 16.3. The summed E-state index contributed by atoms with van der Waals surface area (Å²) in [6.45, 7) is 2.10. The molecule has 1 heterocycles. The van der Waals surface area contributed by atoms with E-state index in [9.17, 15) is 0 Å². The van der Waals surface area contributed by atoms with Crippen LogP contribution in [0.15, 0.2) is 47.1 Å². The Morgan fingerprint density at radius 2 is 1.94 bits per heavy atom. The van der Waals surface area contributed by atoms with Crippen LogP contribution in [0.4, 0.5) is 0 Å². The summed E-state index contributed by atoms with van der Waals surface area (Å²) < 4.78 is 5.42. The van der Waals surface area contributed by atoms with Crippen molar-refractivity contribution in [1.82, 2.24) is 5.32 Å². The fourth-order valence-electron chi connectivity index (χ4n) is 1.79. The minimum atomic E-state index is 0.248. The van der Waals surface area contributed by atoms with Crippen LogP contribution in [0.25, 0.3) is 0 Å². The van der Waals surface area contributed by atoms with E-state index in [0.29, 0.717) is 0 Å². The summed E-state index contributed by atoms with van der Waals surface area (Å²) in [5.74, 6) is 0.989. The third kappa shape index (κ3) is 2.52. The second kappa shape index (κ2) is 4.99. The van der Waals surface area contributed by atoms with Crippen LogP contribution < -0.4 is 5.32 Å². The molecule has 16 heavy (non-hydrogen) atoms. The van der Waals surface area contributed by atoms with Crippen LogP contribution in [0.5, 0.6) is 0 Å². The number of nitrogens with one attached hydrogen (secondary N) is 1. The summed E-state index contributed by atoms with van der Waals surface area (Å²) in [4.78, 5) is 0. The van der Waals surface area contributed by atoms with E-state index in [1.165, 1.54) is 11.1 Å². The first-order chi connectivity index (χ1) is 7.79. The zero-order valence-electron chi connectivity index (χ0n) is 9.73. The Kier molecular flexibility index (Phi) is 3.42. The molecule has 0 amide bonds. The van der Waals surface area contributed by atoms with Crippen molar-refractivity contribution in [3.63, 3.8) is 0 Å². The molecular weight excluding hydrogens is 198 g/mol. The van der Waals surface area contributed by atoms with Gasteiger partial charge in [0.1, 0.15) is 5.76 Å². The van der Waals surface area contributed by atoms with Crippen molar-refractivity contribution in [2.45, 2.75) is 19.4 Å². The second-order valence-corrected chi connectivity index (χ2v) is 4.05. The maximum atomic E-state index is 5.42. The number of benzene rings is 1. The molecule has 2 nitrogen and oxygen atoms in total. The Labute approximate surface area is 96.3 Å². The number of rotatable bonds is 4. The molecule has 1 N–H and O–H groups in total. The predicted molar refractivity (Wildman–Crippen MR) is 65.4 cm³/mol. The van der Waals surface area contributed by atoms with Crippen molar-refractivity contribution in [1.29, 1.82) is 0 Å². The van der Waals surface area contributed by atoms with Gasteiger partial charge in [-0.05, 0) is 38.1 Å². The Morgan fingerprint density at radius 1 is 1.19 bits per heavy atom. The van der Waals surface area contributed by atoms with Crippen molar-refractivity contribution in [2.24, 2.45) is 0 Å². The molecule has 84 valence electrons. The molecule has 2 aromatic rings. The van der Waals surface area contributed by atoms with Crippen molar-refractivity contribution in [2.75, 3.05) is 7.05 Å². The Balaban J connectivity index is 2.10. The van der Waals surface area contributed by atoms with Crippen molar-refractivity contribution in [3.05, 3.63) is 59.5 Å². The molecule has 2 rings (SSSR count). The van der Waals surface area contributed by atoms with E-state index in [-0.39, 0.29) is 6.04 Å². The van der Waals surface area contributed by atoms with Crippen LogP contribution in [-0.2, 0) is 6.42 Å². The van der Waals surface area contributed by atoms with Crippen molar-refractivity contribution >= 4 is 0 Å². The number of furan rings is 1. The van der Waals surface area contributed by atoms with Crippen LogP contribution >= 0.6 is 0 Å². The molecule has 0 radical (unpaired) electrons. The van der Waals surface area contributed by atoms with E-state index in [1.54, 1.807) is 6.26 Å². The molecule has 0 aliphatic rings. The monoisotopic (exact) mass is 215 g/mol. The summed E-state index contributed by atoms with van der Waals surface area (Å²) in [6, 6.07) is 12.8. The topological polar surface area (TPSA) is 25.2 Å². The van der Waals surface area contributed by atoms with E-state index in [4.69, 9.17) is 4.42 Å². The van der Waals surface area contributed by atoms with Gasteiger partial charge >= 0.3 is 0 Å². The fourth-order valence-corrected chi connectivity index (χ4v) is 1.79. The van der Waals surface area contributed by atoms with Gasteiger partial charge in [0.15, 0.2) is 0 Å². The molecular formula is C14H17NO. The van der Waals surface area contributed by atoms with Gasteiger partial charge < -0.3 is 9.73 Å². The summed E-state index contributed by atoms with van der Waals surface area (Å²) >= 11 is 0. The lowest BCUT2D eigenvalue weighted by molar-refractivity contribution is 0.429. The van der Waals surface area contributed by atoms with E-state index in [1.807, 2.05) is 19.2 Å². The summed E-state index contributed by atoms with van der Waals surface area (Å²) in [6.07, 6.45) is 2.67. The SMILES string of the molecule is CN[C@@H](Cc1ccc(C)cc1)c1ccco1. The van der Waals surface area contributed by atoms with Gasteiger partial charge in [0, 0.05) is 0 Å². The van der Waals surface area contributed by atoms with Crippen molar-refractivity contribution < 1.29 is 4.42 Å². The molecule has 0 unspecified atom stereocenters. The maximum Gasteiger partial charge on any atom is 0.121 e. The summed E-state index contributed by atoms with van der Waals surface area (Å²) in [5.41, 5.74) is 2.61. The molecule has 1 atom stereocenters. The summed E-state index contributed by atoms with van der Waals surface area (Å²) in [7, 11) is 1.96. The first-order valence-corrected chi connectivity index (χ1v) is 5.56. The molecule has 1 aromatic carbocycles. The van der Waals surface area contributed by atoms with Gasteiger partial charge in [-0.1, -0.05) is 29.8 Å². The third-order valence-electron chi connectivity index (χ3n) is 2.80. The van der Waals surface area contributed by atoms with Gasteiger partial charge in [-0.25, -0.2) is 0 Å². The number of likely N-dealkylation sites (N-methyl/N-ethyl adjacent to an activating group) is 1. The highest BCUT2D eigenvalue weighted by Crippen LogP contribution is 2.18. The quantitative estimate of drug-likeness (QED) is 0.847. The van der Waals surface area contributed by atoms with Gasteiger partial charge in [-0.2, -0.15) is 0 Å². The smallest absolute Gasteiger partial charge is 0.121 e. The van der Waals surface area contributed by atoms with E-state index in [0.717, 1.165) is 12.2 Å². The van der Waals surface area contributed by atoms with Gasteiger partial charge in [0.2, 0.25) is 0 Å². The molecule has 0 spiro atoms. The highest BCUT2D eigenvalue weighted by molar-refractivity contribution is 5.23. The predicted octanol–water partition coefficient (Wildman–Crippen LogP) is 3.09. The maximum absolute atomic E-state index is 5.42. The third-order valence-corrected chi connectivity index (χ3v) is 2.80. The first-order valence-electron chi connectivity index (χ1n) is 5.56. The van der Waals surface area contributed by atoms with Crippen molar-refractivity contribution in [3.8, 4) is 0 Å². The van der Waals surface area contributed by atoms with Crippen LogP contribution in [0.2, 0.25) is 0 Å². The minimum Gasteiger partial charge on any atom is -0.468 e. The molecule has 0 aliphatic heterocycles. The molecule has 0 bridgehead atoms. The Morgan fingerprint density at radius 3 is 2.50 bits per heavy atom. The molecule has 0 saturated heterocycles. The highest BCUT2D eigenvalue weighted by Gasteiger charge is 2.12. The van der Waals surface area contributed by atoms with Crippen LogP contribution in [0.3, 0.4) is 0 Å². The Bertz CT molecular complexity index is 417. The largest absolute Gasteiger partial charge is 0.468 e. The Hall–Kier alpha value is -1.54. The van der Waals surface area contributed by atoms with E-state index in [2.05, 4.69) is 36.5 Å². The minimum absolute atomic E-state index is 0.248. The average Bonchev–Trinajstić information content (AvgIpc) is 2.82. The lowest BCUT2D eigenvalue weighted by atomic mass is 10.0. The molecule has 2 heteroatoms. The zero-order chi connectivity index (χ0) is 11.4. The van der Waals surface area contributed by atoms with E-state index < -0.39 is 0 Å². The van der Waals surface area contributed by atoms with Gasteiger partial charge in [-0.15, -0.1) is 0 Å². The summed E-state index contributed by atoms with van der Waals surface area (Å²) in [5, 5.41) is 3.27. The second-order valence-electron chi connectivity index (χ2n) is 4.05.